The molecule has 136 valence electrons. The Labute approximate surface area is 160 Å². The predicted molar refractivity (Wildman–Crippen MR) is 104 cm³/mol. The van der Waals surface area contributed by atoms with E-state index < -0.39 is 10.0 Å². The topological polar surface area (TPSA) is 63.4 Å². The number of nitrogens with zero attached hydrogens (tertiary/aromatic N) is 1. The second kappa shape index (κ2) is 8.06. The molecular formula is C18H22Cl2N2O2S. The van der Waals surface area contributed by atoms with E-state index in [4.69, 9.17) is 17.3 Å². The summed E-state index contributed by atoms with van der Waals surface area (Å²) in [6, 6.07) is 15.0. The maximum Gasteiger partial charge on any atom is 0.243 e. The molecule has 0 radical (unpaired) electrons. The Morgan fingerprint density at radius 2 is 1.80 bits per heavy atom. The van der Waals surface area contributed by atoms with Gasteiger partial charge in [-0.15, -0.1) is 12.4 Å². The monoisotopic (exact) mass is 400 g/mol. The normalized spacial score (nSPS) is 21.1. The summed E-state index contributed by atoms with van der Waals surface area (Å²) < 4.78 is 27.7. The lowest BCUT2D eigenvalue weighted by molar-refractivity contribution is 0.458. The lowest BCUT2D eigenvalue weighted by Gasteiger charge is -2.18. The lowest BCUT2D eigenvalue weighted by Crippen LogP contribution is -2.30. The fraction of sp³-hybridized carbons (Fsp3) is 0.333. The van der Waals surface area contributed by atoms with E-state index >= 15 is 0 Å². The van der Waals surface area contributed by atoms with E-state index in [1.54, 1.807) is 29.4 Å². The van der Waals surface area contributed by atoms with Crippen LogP contribution in [0.2, 0.25) is 5.02 Å². The summed E-state index contributed by atoms with van der Waals surface area (Å²) in [7, 11) is -3.58. The number of hydrogen-bond acceptors (Lipinski definition) is 3. The van der Waals surface area contributed by atoms with Gasteiger partial charge in [-0.25, -0.2) is 8.42 Å². The summed E-state index contributed by atoms with van der Waals surface area (Å²) >= 11 is 6.10. The molecule has 0 spiro atoms. The van der Waals surface area contributed by atoms with E-state index in [-0.39, 0.29) is 29.1 Å². The van der Waals surface area contributed by atoms with Crippen LogP contribution < -0.4 is 5.73 Å². The molecule has 0 aliphatic carbocycles. The zero-order valence-electron chi connectivity index (χ0n) is 13.9. The number of rotatable bonds is 4. The number of halogens is 2. The van der Waals surface area contributed by atoms with Crippen LogP contribution in [0.1, 0.15) is 17.0 Å². The molecule has 0 aromatic heterocycles. The van der Waals surface area contributed by atoms with Gasteiger partial charge in [0.1, 0.15) is 0 Å². The highest BCUT2D eigenvalue weighted by Gasteiger charge is 2.39. The molecule has 7 heteroatoms. The van der Waals surface area contributed by atoms with Crippen molar-refractivity contribution in [1.82, 2.24) is 4.31 Å². The number of sulfonamides is 1. The quantitative estimate of drug-likeness (QED) is 0.854. The molecule has 25 heavy (non-hydrogen) atoms. The van der Waals surface area contributed by atoms with Crippen LogP contribution in [0.15, 0.2) is 53.4 Å². The Hall–Kier alpha value is -1.11. The van der Waals surface area contributed by atoms with Crippen molar-refractivity contribution in [2.24, 2.45) is 11.7 Å². The van der Waals surface area contributed by atoms with Crippen LogP contribution in [-0.2, 0) is 10.0 Å². The second-order valence-electron chi connectivity index (χ2n) is 6.20. The molecule has 2 N–H and O–H groups in total. The lowest BCUT2D eigenvalue weighted by atomic mass is 9.89. The third-order valence-electron chi connectivity index (χ3n) is 4.77. The van der Waals surface area contributed by atoms with Crippen LogP contribution in [0.5, 0.6) is 0 Å². The van der Waals surface area contributed by atoms with E-state index in [1.807, 2.05) is 30.3 Å². The third-order valence-corrected chi connectivity index (χ3v) is 7.16. The van der Waals surface area contributed by atoms with Crippen molar-refractivity contribution in [2.75, 3.05) is 19.6 Å². The Balaban J connectivity index is 0.00000225. The van der Waals surface area contributed by atoms with Crippen LogP contribution in [0, 0.1) is 12.8 Å². The van der Waals surface area contributed by atoms with Gasteiger partial charge in [-0.2, -0.15) is 4.31 Å². The first-order valence-electron chi connectivity index (χ1n) is 7.95. The molecule has 1 aliphatic rings. The first-order chi connectivity index (χ1) is 11.4. The Morgan fingerprint density at radius 3 is 2.44 bits per heavy atom. The molecule has 0 unspecified atom stereocenters. The van der Waals surface area contributed by atoms with Crippen molar-refractivity contribution < 1.29 is 8.42 Å². The minimum Gasteiger partial charge on any atom is -0.330 e. The molecular weight excluding hydrogens is 379 g/mol. The number of hydrogen-bond donors (Lipinski definition) is 1. The molecule has 0 saturated carbocycles. The van der Waals surface area contributed by atoms with Gasteiger partial charge < -0.3 is 5.73 Å². The van der Waals surface area contributed by atoms with Crippen molar-refractivity contribution in [2.45, 2.75) is 17.7 Å². The van der Waals surface area contributed by atoms with Crippen LogP contribution in [0.4, 0.5) is 0 Å². The van der Waals surface area contributed by atoms with E-state index in [1.165, 1.54) is 0 Å². The highest BCUT2D eigenvalue weighted by Crippen LogP contribution is 2.36. The number of benzene rings is 2. The minimum absolute atomic E-state index is 0. The van der Waals surface area contributed by atoms with Crippen LogP contribution in [-0.4, -0.2) is 32.4 Å². The minimum atomic E-state index is -3.58. The predicted octanol–water partition coefficient (Wildman–Crippen LogP) is 3.43. The van der Waals surface area contributed by atoms with E-state index in [2.05, 4.69) is 0 Å². The molecule has 1 heterocycles. The van der Waals surface area contributed by atoms with Gasteiger partial charge in [0.15, 0.2) is 0 Å². The highest BCUT2D eigenvalue weighted by molar-refractivity contribution is 7.89. The van der Waals surface area contributed by atoms with E-state index in [0.717, 1.165) is 5.56 Å². The molecule has 0 bridgehead atoms. The number of nitrogens with two attached hydrogens (primary N) is 1. The fourth-order valence-electron chi connectivity index (χ4n) is 3.35. The molecule has 4 nitrogen and oxygen atoms in total. The molecule has 2 aromatic carbocycles. The van der Waals surface area contributed by atoms with E-state index in [0.29, 0.717) is 30.2 Å². The van der Waals surface area contributed by atoms with Gasteiger partial charge in [0.25, 0.3) is 0 Å². The molecule has 1 aliphatic heterocycles. The first kappa shape index (κ1) is 20.2. The summed E-state index contributed by atoms with van der Waals surface area (Å²) in [4.78, 5) is 0.277. The average Bonchev–Trinajstić information content (AvgIpc) is 3.03. The maximum absolute atomic E-state index is 13.1. The summed E-state index contributed by atoms with van der Waals surface area (Å²) in [5, 5.41) is 0.463. The van der Waals surface area contributed by atoms with Gasteiger partial charge in [0.05, 0.1) is 4.90 Å². The summed E-state index contributed by atoms with van der Waals surface area (Å²) in [5.74, 6) is 0.229. The molecule has 1 fully saturated rings. The molecule has 2 atom stereocenters. The van der Waals surface area contributed by atoms with Crippen molar-refractivity contribution >= 4 is 34.0 Å². The van der Waals surface area contributed by atoms with Gasteiger partial charge in [0, 0.05) is 24.0 Å². The zero-order valence-corrected chi connectivity index (χ0v) is 16.3. The summed E-state index contributed by atoms with van der Waals surface area (Å²) in [5.41, 5.74) is 7.64. The highest BCUT2D eigenvalue weighted by atomic mass is 35.5. The molecule has 2 aromatic rings. The van der Waals surface area contributed by atoms with Crippen LogP contribution >= 0.6 is 24.0 Å². The average molecular weight is 401 g/mol. The SMILES string of the molecule is Cc1c(Cl)cccc1S(=O)(=O)N1C[C@@H](CN)[C@H](c2ccccc2)C1.Cl. The fourth-order valence-corrected chi connectivity index (χ4v) is 5.35. The van der Waals surface area contributed by atoms with Crippen molar-refractivity contribution in [1.29, 1.82) is 0 Å². The van der Waals surface area contributed by atoms with Gasteiger partial charge >= 0.3 is 0 Å². The van der Waals surface area contributed by atoms with E-state index in [9.17, 15) is 8.42 Å². The molecule has 1 saturated heterocycles. The summed E-state index contributed by atoms with van der Waals surface area (Å²) in [6.45, 7) is 3.07. The zero-order chi connectivity index (χ0) is 17.3. The van der Waals surface area contributed by atoms with Gasteiger partial charge in [0.2, 0.25) is 10.0 Å². The Kier molecular flexibility index (Phi) is 6.51. The van der Waals surface area contributed by atoms with Crippen molar-refractivity contribution in [3.63, 3.8) is 0 Å². The van der Waals surface area contributed by atoms with Crippen LogP contribution in [0.25, 0.3) is 0 Å². The van der Waals surface area contributed by atoms with Gasteiger partial charge in [-0.05, 0) is 42.6 Å². The Morgan fingerprint density at radius 1 is 1.12 bits per heavy atom. The van der Waals surface area contributed by atoms with Crippen LogP contribution in [0.3, 0.4) is 0 Å². The second-order valence-corrected chi connectivity index (χ2v) is 8.51. The van der Waals surface area contributed by atoms with Crippen molar-refractivity contribution in [3.05, 3.63) is 64.7 Å². The molecule has 0 amide bonds. The maximum atomic E-state index is 13.1. The van der Waals surface area contributed by atoms with Gasteiger partial charge in [-0.3, -0.25) is 0 Å². The Bertz CT molecular complexity index is 828. The first-order valence-corrected chi connectivity index (χ1v) is 9.77. The van der Waals surface area contributed by atoms with Crippen molar-refractivity contribution in [3.8, 4) is 0 Å². The summed E-state index contributed by atoms with van der Waals surface area (Å²) in [6.07, 6.45) is 0. The third kappa shape index (κ3) is 3.86. The van der Waals surface area contributed by atoms with Gasteiger partial charge in [-0.1, -0.05) is 48.0 Å². The largest absolute Gasteiger partial charge is 0.330 e. The molecule has 3 rings (SSSR count). The standard InChI is InChI=1S/C18H21ClN2O2S.ClH/c1-13-17(19)8-5-9-18(13)24(22,23)21-11-15(10-20)16(12-21)14-6-3-2-4-7-14;/h2-9,15-16H,10-12,20H2,1H3;1H/t15-,16+;/m1./s1. The smallest absolute Gasteiger partial charge is 0.243 e.